The topological polar surface area (TPSA) is 61.9 Å². The molecule has 3 aliphatic heterocycles. The SMILES string of the molecule is O=C1CO[C@@H]2[C@@H](c3ccc(F)cc3)CN(C(=O)CN3CCCC3)[C@@H]2CN1. The van der Waals surface area contributed by atoms with Gasteiger partial charge in [-0.2, -0.15) is 0 Å². The molecule has 1 aromatic carbocycles. The number of rotatable bonds is 3. The standard InChI is InChI=1S/C19H24FN3O3/c20-14-5-3-13(4-6-14)15-10-23(18(25)11-22-7-1-2-8-22)16-9-21-17(24)12-26-19(15)16/h3-6,15-16,19H,1-2,7-12H2,(H,21,24)/t15-,16-,19-/m1/s1. The first-order valence-corrected chi connectivity index (χ1v) is 9.27. The molecule has 0 aliphatic carbocycles. The van der Waals surface area contributed by atoms with Gasteiger partial charge in [0.25, 0.3) is 0 Å². The van der Waals surface area contributed by atoms with Gasteiger partial charge in [0.15, 0.2) is 0 Å². The summed E-state index contributed by atoms with van der Waals surface area (Å²) in [5, 5.41) is 2.84. The zero-order chi connectivity index (χ0) is 18.1. The number of nitrogens with one attached hydrogen (secondary N) is 1. The summed E-state index contributed by atoms with van der Waals surface area (Å²) in [7, 11) is 0. The van der Waals surface area contributed by atoms with Gasteiger partial charge in [-0.05, 0) is 43.6 Å². The lowest BCUT2D eigenvalue weighted by atomic mass is 9.93. The van der Waals surface area contributed by atoms with E-state index in [2.05, 4.69) is 10.2 Å². The summed E-state index contributed by atoms with van der Waals surface area (Å²) in [6.07, 6.45) is 2.01. The van der Waals surface area contributed by atoms with Crippen molar-refractivity contribution < 1.29 is 18.7 Å². The number of fused-ring (bicyclic) bond motifs is 1. The van der Waals surface area contributed by atoms with Crippen LogP contribution in [0.4, 0.5) is 4.39 Å². The molecule has 140 valence electrons. The number of nitrogens with zero attached hydrogens (tertiary/aromatic N) is 2. The fraction of sp³-hybridized carbons (Fsp3) is 0.579. The Bertz CT molecular complexity index is 675. The summed E-state index contributed by atoms with van der Waals surface area (Å²) >= 11 is 0. The minimum absolute atomic E-state index is 0.00693. The van der Waals surface area contributed by atoms with E-state index in [1.807, 2.05) is 4.90 Å². The van der Waals surface area contributed by atoms with Crippen molar-refractivity contribution in [3.05, 3.63) is 35.6 Å². The average molecular weight is 361 g/mol. The van der Waals surface area contributed by atoms with E-state index in [0.717, 1.165) is 31.5 Å². The van der Waals surface area contributed by atoms with Gasteiger partial charge in [-0.3, -0.25) is 14.5 Å². The van der Waals surface area contributed by atoms with Crippen LogP contribution in [-0.2, 0) is 14.3 Å². The number of benzene rings is 1. The fourth-order valence-corrected chi connectivity index (χ4v) is 4.31. The summed E-state index contributed by atoms with van der Waals surface area (Å²) in [5.41, 5.74) is 0.937. The van der Waals surface area contributed by atoms with E-state index in [1.165, 1.54) is 12.1 Å². The van der Waals surface area contributed by atoms with Gasteiger partial charge in [-0.1, -0.05) is 12.1 Å². The van der Waals surface area contributed by atoms with Gasteiger partial charge in [0.2, 0.25) is 11.8 Å². The summed E-state index contributed by atoms with van der Waals surface area (Å²) < 4.78 is 19.2. The Morgan fingerprint density at radius 1 is 1.23 bits per heavy atom. The highest BCUT2D eigenvalue weighted by molar-refractivity contribution is 5.80. The Hall–Kier alpha value is -1.99. The van der Waals surface area contributed by atoms with Crippen molar-refractivity contribution in [3.8, 4) is 0 Å². The molecule has 26 heavy (non-hydrogen) atoms. The van der Waals surface area contributed by atoms with E-state index in [-0.39, 0.29) is 42.3 Å². The van der Waals surface area contributed by atoms with Crippen LogP contribution in [0, 0.1) is 5.82 Å². The van der Waals surface area contributed by atoms with Gasteiger partial charge in [0, 0.05) is 19.0 Å². The van der Waals surface area contributed by atoms with Crippen LogP contribution in [0.3, 0.4) is 0 Å². The maximum absolute atomic E-state index is 13.3. The summed E-state index contributed by atoms with van der Waals surface area (Å²) in [6.45, 7) is 3.25. The minimum Gasteiger partial charge on any atom is -0.365 e. The number of hydrogen-bond acceptors (Lipinski definition) is 4. The van der Waals surface area contributed by atoms with Crippen molar-refractivity contribution >= 4 is 11.8 Å². The van der Waals surface area contributed by atoms with Gasteiger partial charge in [-0.25, -0.2) is 4.39 Å². The van der Waals surface area contributed by atoms with Crippen molar-refractivity contribution in [2.24, 2.45) is 0 Å². The van der Waals surface area contributed by atoms with Crippen LogP contribution in [0.25, 0.3) is 0 Å². The monoisotopic (exact) mass is 361 g/mol. The van der Waals surface area contributed by atoms with Crippen LogP contribution < -0.4 is 5.32 Å². The Labute approximate surface area is 152 Å². The summed E-state index contributed by atoms with van der Waals surface area (Å²) in [5.74, 6) is -0.435. The molecule has 0 spiro atoms. The molecule has 3 saturated heterocycles. The number of amides is 2. The molecule has 1 N–H and O–H groups in total. The zero-order valence-electron chi connectivity index (χ0n) is 14.7. The third-order valence-electron chi connectivity index (χ3n) is 5.66. The molecule has 3 atom stereocenters. The van der Waals surface area contributed by atoms with Crippen LogP contribution >= 0.6 is 0 Å². The molecule has 3 fully saturated rings. The molecule has 0 bridgehead atoms. The Morgan fingerprint density at radius 3 is 2.69 bits per heavy atom. The number of likely N-dealkylation sites (tertiary alicyclic amines) is 2. The highest BCUT2D eigenvalue weighted by Crippen LogP contribution is 2.35. The van der Waals surface area contributed by atoms with E-state index in [4.69, 9.17) is 4.74 Å². The quantitative estimate of drug-likeness (QED) is 0.862. The van der Waals surface area contributed by atoms with E-state index in [9.17, 15) is 14.0 Å². The molecule has 0 unspecified atom stereocenters. The van der Waals surface area contributed by atoms with Gasteiger partial charge >= 0.3 is 0 Å². The molecule has 3 aliphatic rings. The zero-order valence-corrected chi connectivity index (χ0v) is 14.7. The maximum Gasteiger partial charge on any atom is 0.246 e. The Morgan fingerprint density at radius 2 is 1.96 bits per heavy atom. The number of carbonyl (C=O) groups is 2. The Kier molecular flexibility index (Phi) is 4.91. The molecular formula is C19H24FN3O3. The number of hydrogen-bond donors (Lipinski definition) is 1. The van der Waals surface area contributed by atoms with E-state index in [0.29, 0.717) is 19.6 Å². The maximum atomic E-state index is 13.3. The van der Waals surface area contributed by atoms with Crippen LogP contribution in [-0.4, -0.2) is 73.1 Å². The molecule has 1 aromatic rings. The number of carbonyl (C=O) groups excluding carboxylic acids is 2. The summed E-state index contributed by atoms with van der Waals surface area (Å²) in [4.78, 5) is 28.7. The van der Waals surface area contributed by atoms with Crippen molar-refractivity contribution in [1.29, 1.82) is 0 Å². The van der Waals surface area contributed by atoms with Gasteiger partial charge in [0.05, 0.1) is 18.7 Å². The third kappa shape index (κ3) is 3.46. The van der Waals surface area contributed by atoms with Gasteiger partial charge in [0.1, 0.15) is 12.4 Å². The van der Waals surface area contributed by atoms with Crippen molar-refractivity contribution in [3.63, 3.8) is 0 Å². The first kappa shape index (κ1) is 17.4. The molecule has 6 nitrogen and oxygen atoms in total. The smallest absolute Gasteiger partial charge is 0.246 e. The molecule has 4 rings (SSSR count). The van der Waals surface area contributed by atoms with Gasteiger partial charge in [-0.15, -0.1) is 0 Å². The molecular weight excluding hydrogens is 337 g/mol. The predicted octanol–water partition coefficient (Wildman–Crippen LogP) is 0.731. The molecule has 0 saturated carbocycles. The largest absolute Gasteiger partial charge is 0.365 e. The molecule has 0 radical (unpaired) electrons. The van der Waals surface area contributed by atoms with Crippen LogP contribution in [0.1, 0.15) is 24.3 Å². The van der Waals surface area contributed by atoms with Crippen LogP contribution in [0.15, 0.2) is 24.3 Å². The summed E-state index contributed by atoms with van der Waals surface area (Å²) in [6, 6.07) is 6.16. The highest BCUT2D eigenvalue weighted by Gasteiger charge is 2.46. The van der Waals surface area contributed by atoms with Gasteiger partial charge < -0.3 is 15.0 Å². The lowest BCUT2D eigenvalue weighted by Gasteiger charge is -2.28. The first-order valence-electron chi connectivity index (χ1n) is 9.27. The third-order valence-corrected chi connectivity index (χ3v) is 5.66. The van der Waals surface area contributed by atoms with E-state index < -0.39 is 0 Å². The molecule has 3 heterocycles. The van der Waals surface area contributed by atoms with Crippen molar-refractivity contribution in [2.75, 3.05) is 39.3 Å². The molecule has 0 aromatic heterocycles. The normalized spacial score (nSPS) is 29.3. The lowest BCUT2D eigenvalue weighted by Crippen LogP contribution is -2.48. The van der Waals surface area contributed by atoms with Crippen molar-refractivity contribution in [1.82, 2.24) is 15.1 Å². The predicted molar refractivity (Wildman–Crippen MR) is 93.1 cm³/mol. The fourth-order valence-electron chi connectivity index (χ4n) is 4.31. The lowest BCUT2D eigenvalue weighted by molar-refractivity contribution is -0.133. The van der Waals surface area contributed by atoms with Crippen molar-refractivity contribution in [2.45, 2.75) is 30.9 Å². The second kappa shape index (κ2) is 7.32. The number of ether oxygens (including phenoxy) is 1. The van der Waals surface area contributed by atoms with Crippen LogP contribution in [0.5, 0.6) is 0 Å². The Balaban J connectivity index is 1.56. The second-order valence-corrected chi connectivity index (χ2v) is 7.33. The van der Waals surface area contributed by atoms with E-state index in [1.54, 1.807) is 12.1 Å². The first-order chi connectivity index (χ1) is 12.6. The average Bonchev–Trinajstić information content (AvgIpc) is 3.22. The highest BCUT2D eigenvalue weighted by atomic mass is 19.1. The van der Waals surface area contributed by atoms with Crippen LogP contribution in [0.2, 0.25) is 0 Å². The minimum atomic E-state index is -0.288. The molecule has 7 heteroatoms. The number of halogens is 1. The second-order valence-electron chi connectivity index (χ2n) is 7.33. The molecule has 2 amide bonds. The van der Waals surface area contributed by atoms with E-state index >= 15 is 0 Å².